The fourth-order valence-electron chi connectivity index (χ4n) is 5.49. The largest absolute Gasteiger partial charge is 0.494 e. The van der Waals surface area contributed by atoms with Crippen molar-refractivity contribution in [3.05, 3.63) is 60.7 Å². The highest BCUT2D eigenvalue weighted by molar-refractivity contribution is 7.71. The fraction of sp³-hybridized carbons (Fsp3) is 0.258. The van der Waals surface area contributed by atoms with E-state index in [9.17, 15) is 4.57 Å². The van der Waals surface area contributed by atoms with Gasteiger partial charge < -0.3 is 45.3 Å². The first kappa shape index (κ1) is 30.0. The van der Waals surface area contributed by atoms with Crippen molar-refractivity contribution in [2.24, 2.45) is 0 Å². The molecular formula is C31H35N10O3P. The second kappa shape index (κ2) is 12.5. The average molecular weight is 627 g/mol. The van der Waals surface area contributed by atoms with Gasteiger partial charge in [-0.3, -0.25) is 9.97 Å². The van der Waals surface area contributed by atoms with E-state index < -0.39 is 7.14 Å². The number of allylic oxidation sites excluding steroid dienone is 1. The topological polar surface area (TPSA) is 166 Å². The van der Waals surface area contributed by atoms with Crippen LogP contribution in [-0.4, -0.2) is 84.9 Å². The molecule has 5 N–H and O–H groups in total. The highest BCUT2D eigenvalue weighted by Gasteiger charge is 2.24. The summed E-state index contributed by atoms with van der Waals surface area (Å²) in [6, 6.07) is 9.49. The summed E-state index contributed by atoms with van der Waals surface area (Å²) in [5.74, 6) is 1.41. The average Bonchev–Trinajstić information content (AvgIpc) is 3.52. The molecule has 0 radical (unpaired) electrons. The molecule has 1 aliphatic rings. The maximum absolute atomic E-state index is 13.5. The van der Waals surface area contributed by atoms with Crippen molar-refractivity contribution in [3.63, 3.8) is 0 Å². The number of hydrogen-bond acceptors (Lipinski definition) is 12. The Balaban J connectivity index is 1.44. The van der Waals surface area contributed by atoms with E-state index >= 15 is 0 Å². The van der Waals surface area contributed by atoms with Crippen molar-refractivity contribution in [2.75, 3.05) is 69.3 Å². The minimum Gasteiger partial charge on any atom is -0.494 e. The van der Waals surface area contributed by atoms with E-state index in [0.29, 0.717) is 69.7 Å². The number of anilines is 5. The van der Waals surface area contributed by atoms with Crippen LogP contribution < -0.4 is 30.9 Å². The number of aromatic amines is 1. The smallest absolute Gasteiger partial charge is 0.231 e. The number of nitrogens with zero attached hydrogens (tertiary/aromatic N) is 5. The van der Waals surface area contributed by atoms with Crippen LogP contribution in [0.1, 0.15) is 5.56 Å². The normalized spacial score (nSPS) is 14.0. The van der Waals surface area contributed by atoms with Crippen LogP contribution in [0.15, 0.2) is 55.1 Å². The van der Waals surface area contributed by atoms with Crippen molar-refractivity contribution in [3.8, 4) is 5.75 Å². The van der Waals surface area contributed by atoms with E-state index in [1.807, 2.05) is 30.3 Å². The van der Waals surface area contributed by atoms with Gasteiger partial charge in [0.05, 0.1) is 47.9 Å². The first-order valence-corrected chi connectivity index (χ1v) is 17.0. The summed E-state index contributed by atoms with van der Waals surface area (Å²) in [7, 11) is 0.628. The predicted molar refractivity (Wildman–Crippen MR) is 181 cm³/mol. The van der Waals surface area contributed by atoms with Gasteiger partial charge in [-0.25, -0.2) is 0 Å². The van der Waals surface area contributed by atoms with E-state index in [0.717, 1.165) is 29.7 Å². The maximum Gasteiger partial charge on any atom is 0.231 e. The van der Waals surface area contributed by atoms with E-state index in [1.54, 1.807) is 52.3 Å². The number of hydrogen-bond donors (Lipinski definition) is 5. The Morgan fingerprint density at radius 1 is 1.09 bits per heavy atom. The van der Waals surface area contributed by atoms with Gasteiger partial charge in [0.25, 0.3) is 0 Å². The van der Waals surface area contributed by atoms with Crippen LogP contribution in [0.25, 0.3) is 27.6 Å². The van der Waals surface area contributed by atoms with Crippen LogP contribution in [-0.2, 0) is 9.30 Å². The summed E-state index contributed by atoms with van der Waals surface area (Å²) in [4.78, 5) is 23.9. The second-order valence-corrected chi connectivity index (χ2v) is 14.0. The SMILES string of the molecule is CN/C=C(\C=N)c1cc(Nc2nc(Nc3ccc4nccnc4c3P(C)(C)=O)c3cc[nH]c3n2)c(OC)cc1N1CCOCC1. The molecule has 0 saturated carbocycles. The molecule has 14 heteroatoms. The van der Waals surface area contributed by atoms with Crippen LogP contribution in [0.4, 0.5) is 28.8 Å². The van der Waals surface area contributed by atoms with Crippen molar-refractivity contribution >= 4 is 75.1 Å². The lowest BCUT2D eigenvalue weighted by Crippen LogP contribution is -2.36. The lowest BCUT2D eigenvalue weighted by molar-refractivity contribution is 0.122. The van der Waals surface area contributed by atoms with Crippen molar-refractivity contribution in [1.82, 2.24) is 30.2 Å². The minimum absolute atomic E-state index is 0.308. The number of methoxy groups -OCH3 is 1. The molecule has 1 aliphatic heterocycles. The molecule has 45 heavy (non-hydrogen) atoms. The molecule has 0 aliphatic carbocycles. The Bertz CT molecular complexity index is 1960. The van der Waals surface area contributed by atoms with E-state index in [1.165, 1.54) is 6.21 Å². The third-order valence-corrected chi connectivity index (χ3v) is 9.03. The van der Waals surface area contributed by atoms with Crippen LogP contribution in [0.2, 0.25) is 0 Å². The van der Waals surface area contributed by atoms with Crippen LogP contribution in [0, 0.1) is 5.41 Å². The fourth-order valence-corrected chi connectivity index (χ4v) is 6.89. The molecule has 4 heterocycles. The van der Waals surface area contributed by atoms with E-state index in [2.05, 4.69) is 35.8 Å². The van der Waals surface area contributed by atoms with Crippen LogP contribution >= 0.6 is 7.14 Å². The van der Waals surface area contributed by atoms with E-state index in [4.69, 9.17) is 24.9 Å². The Morgan fingerprint density at radius 2 is 1.89 bits per heavy atom. The number of morpholine rings is 1. The first-order chi connectivity index (χ1) is 21.8. The molecule has 1 fully saturated rings. The predicted octanol–water partition coefficient (Wildman–Crippen LogP) is 4.69. The molecule has 232 valence electrons. The standard InChI is InChI=1S/C31H35N10O3P/c1-33-18-19(17-32)21-15-24(26(43-2)16-25(21)41-11-13-44-14-12-41)38-31-39-29-20(7-8-36-29)30(40-31)37-23-6-5-22-27(35-10-9-34-22)28(23)45(3,4)42/h5-10,15-18,32-33H,11-14H2,1-4H3,(H3,36,37,38,39,40)/b19-18+,32-17?. The van der Waals surface area contributed by atoms with Crippen LogP contribution in [0.3, 0.4) is 0 Å². The number of H-pyrrole nitrogens is 1. The number of nitrogens with one attached hydrogen (secondary N) is 5. The molecule has 3 aromatic heterocycles. The first-order valence-electron chi connectivity index (χ1n) is 14.4. The zero-order valence-electron chi connectivity index (χ0n) is 25.5. The minimum atomic E-state index is -2.79. The summed E-state index contributed by atoms with van der Waals surface area (Å²) in [6.45, 7) is 6.12. The van der Waals surface area contributed by atoms with Gasteiger partial charge in [-0.05, 0) is 37.6 Å². The maximum atomic E-state index is 13.5. The van der Waals surface area contributed by atoms with Gasteiger partial charge >= 0.3 is 0 Å². The highest BCUT2D eigenvalue weighted by Crippen LogP contribution is 2.42. The summed E-state index contributed by atoms with van der Waals surface area (Å²) >= 11 is 0. The Hall–Kier alpha value is -5.00. The molecule has 6 rings (SSSR count). The molecule has 0 spiro atoms. The summed E-state index contributed by atoms with van der Waals surface area (Å²) in [5, 5.41) is 19.3. The van der Waals surface area contributed by atoms with Gasteiger partial charge in [0.2, 0.25) is 5.95 Å². The van der Waals surface area contributed by atoms with Gasteiger partial charge in [-0.15, -0.1) is 0 Å². The van der Waals surface area contributed by atoms with Gasteiger partial charge in [0.1, 0.15) is 29.9 Å². The molecule has 0 atom stereocenters. The van der Waals surface area contributed by atoms with E-state index in [-0.39, 0.29) is 0 Å². The lowest BCUT2D eigenvalue weighted by atomic mass is 10.0. The van der Waals surface area contributed by atoms with Gasteiger partial charge in [-0.2, -0.15) is 9.97 Å². The molecule has 1 saturated heterocycles. The second-order valence-electron chi connectivity index (χ2n) is 10.8. The summed E-state index contributed by atoms with van der Waals surface area (Å²) in [6.07, 6.45) is 8.12. The molecule has 0 unspecified atom stereocenters. The molecule has 2 aromatic carbocycles. The van der Waals surface area contributed by atoms with Gasteiger partial charge in [-0.1, -0.05) is 0 Å². The molecular weight excluding hydrogens is 591 g/mol. The van der Waals surface area contributed by atoms with Crippen molar-refractivity contribution in [1.29, 1.82) is 5.41 Å². The quantitative estimate of drug-likeness (QED) is 0.108. The summed E-state index contributed by atoms with van der Waals surface area (Å²) < 4.78 is 24.9. The van der Waals surface area contributed by atoms with Gasteiger partial charge in [0.15, 0.2) is 0 Å². The molecule has 0 bridgehead atoms. The molecule has 0 amide bonds. The molecule has 5 aromatic rings. The number of ether oxygens (including phenoxy) is 2. The molecule has 13 nitrogen and oxygen atoms in total. The van der Waals surface area contributed by atoms with Crippen LogP contribution in [0.5, 0.6) is 5.75 Å². The Morgan fingerprint density at radius 3 is 2.62 bits per heavy atom. The number of rotatable bonds is 10. The monoisotopic (exact) mass is 626 g/mol. The lowest BCUT2D eigenvalue weighted by Gasteiger charge is -2.31. The Kier molecular flexibility index (Phi) is 8.38. The van der Waals surface area contributed by atoms with Crippen molar-refractivity contribution < 1.29 is 14.0 Å². The Labute approximate surface area is 260 Å². The summed E-state index contributed by atoms with van der Waals surface area (Å²) in [5.41, 5.74) is 5.58. The van der Waals surface area contributed by atoms with Crippen molar-refractivity contribution in [2.45, 2.75) is 0 Å². The zero-order valence-corrected chi connectivity index (χ0v) is 26.4. The number of benzene rings is 2. The third-order valence-electron chi connectivity index (χ3n) is 7.50. The number of fused-ring (bicyclic) bond motifs is 2. The number of aromatic nitrogens is 5. The van der Waals surface area contributed by atoms with Gasteiger partial charge in [0, 0.05) is 74.0 Å². The zero-order chi connectivity index (χ0) is 31.6. The highest BCUT2D eigenvalue weighted by atomic mass is 31.2. The third kappa shape index (κ3) is 6.04.